The lowest BCUT2D eigenvalue weighted by atomic mass is 9.95. The Morgan fingerprint density at radius 2 is 2.04 bits per heavy atom. The highest BCUT2D eigenvalue weighted by Gasteiger charge is 2.49. The lowest BCUT2D eigenvalue weighted by Gasteiger charge is -2.20. The fraction of sp³-hybridized carbons (Fsp3) is 0.278. The Balaban J connectivity index is 1.84. The van der Waals surface area contributed by atoms with Crippen molar-refractivity contribution in [3.8, 4) is 0 Å². The molecule has 1 unspecified atom stereocenters. The van der Waals surface area contributed by atoms with Gasteiger partial charge in [-0.15, -0.1) is 0 Å². The number of amides is 4. The lowest BCUT2D eigenvalue weighted by molar-refractivity contribution is -0.131. The molecular formula is C18H19N3O3S. The van der Waals surface area contributed by atoms with Gasteiger partial charge < -0.3 is 10.2 Å². The molecule has 1 aromatic heterocycles. The van der Waals surface area contributed by atoms with Crippen LogP contribution in [-0.4, -0.2) is 41.7 Å². The van der Waals surface area contributed by atoms with Crippen LogP contribution in [0.25, 0.3) is 0 Å². The van der Waals surface area contributed by atoms with E-state index in [1.807, 2.05) is 16.8 Å². The molecule has 0 spiro atoms. The maximum absolute atomic E-state index is 12.8. The Kier molecular flexibility index (Phi) is 4.34. The Morgan fingerprint density at radius 3 is 2.68 bits per heavy atom. The summed E-state index contributed by atoms with van der Waals surface area (Å²) in [5, 5.41) is 6.51. The molecule has 0 aliphatic carbocycles. The molecule has 2 heterocycles. The number of urea groups is 1. The maximum Gasteiger partial charge on any atom is 0.325 e. The third-order valence-electron chi connectivity index (χ3n) is 4.29. The molecule has 1 aliphatic heterocycles. The van der Waals surface area contributed by atoms with Crippen molar-refractivity contribution in [3.05, 3.63) is 57.8 Å². The predicted octanol–water partition coefficient (Wildman–Crippen LogP) is 2.42. The molecule has 6 nitrogen and oxygen atoms in total. The van der Waals surface area contributed by atoms with Crippen LogP contribution >= 0.6 is 11.3 Å². The van der Waals surface area contributed by atoms with Crippen LogP contribution < -0.4 is 5.32 Å². The van der Waals surface area contributed by atoms with E-state index < -0.39 is 11.6 Å². The lowest BCUT2D eigenvalue weighted by Crippen LogP contribution is -2.40. The Morgan fingerprint density at radius 1 is 1.28 bits per heavy atom. The van der Waals surface area contributed by atoms with Crippen LogP contribution in [0.4, 0.5) is 4.79 Å². The van der Waals surface area contributed by atoms with E-state index >= 15 is 0 Å². The largest absolute Gasteiger partial charge is 0.345 e. The second-order valence-corrected chi connectivity index (χ2v) is 7.14. The fourth-order valence-electron chi connectivity index (χ4n) is 2.83. The number of carbonyl (C=O) groups excluding carboxylic acids is 3. The number of imide groups is 1. The highest BCUT2D eigenvalue weighted by atomic mass is 32.1. The highest BCUT2D eigenvalue weighted by Crippen LogP contribution is 2.31. The highest BCUT2D eigenvalue weighted by molar-refractivity contribution is 7.08. The van der Waals surface area contributed by atoms with Gasteiger partial charge in [0.25, 0.3) is 11.8 Å². The molecule has 3 rings (SSSR count). The third kappa shape index (κ3) is 3.02. The summed E-state index contributed by atoms with van der Waals surface area (Å²) in [5.74, 6) is -0.414. The zero-order chi connectivity index (χ0) is 18.2. The topological polar surface area (TPSA) is 69.7 Å². The SMILES string of the molecule is CN(C)C(=O)c1cccc(CN2C(=O)NC(C)(c3ccsc3)C2=O)c1. The van der Waals surface area contributed by atoms with Gasteiger partial charge in [-0.25, -0.2) is 4.79 Å². The van der Waals surface area contributed by atoms with Crippen LogP contribution in [0.3, 0.4) is 0 Å². The van der Waals surface area contributed by atoms with E-state index in [-0.39, 0.29) is 18.4 Å². The minimum absolute atomic E-state index is 0.123. The maximum atomic E-state index is 12.8. The van der Waals surface area contributed by atoms with Gasteiger partial charge in [0.15, 0.2) is 0 Å². The first-order valence-corrected chi connectivity index (χ1v) is 8.74. The molecule has 25 heavy (non-hydrogen) atoms. The second kappa shape index (κ2) is 6.33. The normalized spacial score (nSPS) is 19.9. The molecule has 1 saturated heterocycles. The summed E-state index contributed by atoms with van der Waals surface area (Å²) in [5.41, 5.74) is 0.976. The number of benzene rings is 1. The van der Waals surface area contributed by atoms with Crippen LogP contribution in [0.15, 0.2) is 41.1 Å². The summed E-state index contributed by atoms with van der Waals surface area (Å²) >= 11 is 1.48. The molecule has 1 fully saturated rings. The van der Waals surface area contributed by atoms with Crippen LogP contribution in [0.1, 0.15) is 28.4 Å². The summed E-state index contributed by atoms with van der Waals surface area (Å²) in [6.07, 6.45) is 0. The van der Waals surface area contributed by atoms with Gasteiger partial charge in [0, 0.05) is 19.7 Å². The average molecular weight is 357 g/mol. The molecule has 1 aliphatic rings. The average Bonchev–Trinajstić information content (AvgIpc) is 3.19. The molecule has 1 N–H and O–H groups in total. The molecular weight excluding hydrogens is 338 g/mol. The molecule has 0 saturated carbocycles. The molecule has 7 heteroatoms. The number of nitrogens with one attached hydrogen (secondary N) is 1. The molecule has 1 aromatic carbocycles. The van der Waals surface area contributed by atoms with Gasteiger partial charge in [0.2, 0.25) is 0 Å². The minimum Gasteiger partial charge on any atom is -0.345 e. The van der Waals surface area contributed by atoms with Crippen molar-refractivity contribution in [1.29, 1.82) is 0 Å². The van der Waals surface area contributed by atoms with E-state index in [2.05, 4.69) is 5.32 Å². The van der Waals surface area contributed by atoms with Crippen LogP contribution in [0.2, 0.25) is 0 Å². The number of nitrogens with zero attached hydrogens (tertiary/aromatic N) is 2. The number of carbonyl (C=O) groups is 3. The van der Waals surface area contributed by atoms with Crippen molar-refractivity contribution in [2.24, 2.45) is 0 Å². The molecule has 130 valence electrons. The van der Waals surface area contributed by atoms with Gasteiger partial charge in [-0.3, -0.25) is 14.5 Å². The first-order chi connectivity index (χ1) is 11.8. The molecule has 0 bridgehead atoms. The zero-order valence-corrected chi connectivity index (χ0v) is 15.1. The standard InChI is InChI=1S/C18H19N3O3S/c1-18(14-7-8-25-11-14)16(23)21(17(24)19-18)10-12-5-4-6-13(9-12)15(22)20(2)3/h4-9,11H,10H2,1-3H3,(H,19,24). The third-order valence-corrected chi connectivity index (χ3v) is 4.98. The summed E-state index contributed by atoms with van der Waals surface area (Å²) < 4.78 is 0. The fourth-order valence-corrected chi connectivity index (χ4v) is 3.59. The number of hydrogen-bond donors (Lipinski definition) is 1. The van der Waals surface area contributed by atoms with E-state index in [4.69, 9.17) is 0 Å². The van der Waals surface area contributed by atoms with Crippen LogP contribution in [0.5, 0.6) is 0 Å². The Labute approximate surface area is 150 Å². The van der Waals surface area contributed by atoms with E-state index in [1.54, 1.807) is 45.3 Å². The van der Waals surface area contributed by atoms with Gasteiger partial charge in [-0.2, -0.15) is 11.3 Å². The molecule has 4 amide bonds. The van der Waals surface area contributed by atoms with Gasteiger partial charge in [-0.05, 0) is 47.0 Å². The number of rotatable bonds is 4. The van der Waals surface area contributed by atoms with Gasteiger partial charge in [0.05, 0.1) is 6.54 Å². The monoisotopic (exact) mass is 357 g/mol. The van der Waals surface area contributed by atoms with Crippen molar-refractivity contribution in [2.75, 3.05) is 14.1 Å². The van der Waals surface area contributed by atoms with Gasteiger partial charge in [0.1, 0.15) is 5.54 Å². The molecule has 0 radical (unpaired) electrons. The Bertz CT molecular complexity index is 832. The minimum atomic E-state index is -1.05. The second-order valence-electron chi connectivity index (χ2n) is 6.36. The van der Waals surface area contributed by atoms with E-state index in [9.17, 15) is 14.4 Å². The van der Waals surface area contributed by atoms with Gasteiger partial charge >= 0.3 is 6.03 Å². The quantitative estimate of drug-likeness (QED) is 0.855. The first-order valence-electron chi connectivity index (χ1n) is 7.80. The van der Waals surface area contributed by atoms with Crippen molar-refractivity contribution < 1.29 is 14.4 Å². The summed E-state index contributed by atoms with van der Waals surface area (Å²) in [7, 11) is 3.36. The molecule has 2 aromatic rings. The van der Waals surface area contributed by atoms with Crippen LogP contribution in [-0.2, 0) is 16.9 Å². The van der Waals surface area contributed by atoms with Crippen molar-refractivity contribution in [3.63, 3.8) is 0 Å². The van der Waals surface area contributed by atoms with E-state index in [0.717, 1.165) is 11.1 Å². The first kappa shape index (κ1) is 17.2. The smallest absolute Gasteiger partial charge is 0.325 e. The predicted molar refractivity (Wildman–Crippen MR) is 95.2 cm³/mol. The number of hydrogen-bond acceptors (Lipinski definition) is 4. The molecule has 1 atom stereocenters. The van der Waals surface area contributed by atoms with Crippen molar-refractivity contribution in [1.82, 2.24) is 15.1 Å². The zero-order valence-electron chi connectivity index (χ0n) is 14.3. The Hall–Kier alpha value is -2.67. The van der Waals surface area contributed by atoms with E-state index in [1.165, 1.54) is 21.1 Å². The van der Waals surface area contributed by atoms with Crippen molar-refractivity contribution >= 4 is 29.2 Å². The van der Waals surface area contributed by atoms with E-state index in [0.29, 0.717) is 5.56 Å². The van der Waals surface area contributed by atoms with Gasteiger partial charge in [-0.1, -0.05) is 12.1 Å². The van der Waals surface area contributed by atoms with Crippen molar-refractivity contribution in [2.45, 2.75) is 19.0 Å². The van der Waals surface area contributed by atoms with Crippen LogP contribution in [0, 0.1) is 0 Å². The number of thiophene rings is 1. The summed E-state index contributed by atoms with van der Waals surface area (Å²) in [4.78, 5) is 40.0. The summed E-state index contributed by atoms with van der Waals surface area (Å²) in [6, 6.07) is 8.39. The summed E-state index contributed by atoms with van der Waals surface area (Å²) in [6.45, 7) is 1.83.